The van der Waals surface area contributed by atoms with Crippen LogP contribution in [0.5, 0.6) is 0 Å². The first-order valence-corrected chi connectivity index (χ1v) is 12.4. The summed E-state index contributed by atoms with van der Waals surface area (Å²) in [5, 5.41) is 22.4. The second kappa shape index (κ2) is 7.47. The summed E-state index contributed by atoms with van der Waals surface area (Å²) >= 11 is 0. The van der Waals surface area contributed by atoms with Crippen molar-refractivity contribution in [1.29, 1.82) is 0 Å². The molecule has 0 atom stereocenters. The molecule has 3 aliphatic rings. The van der Waals surface area contributed by atoms with Gasteiger partial charge >= 0.3 is 0 Å². The Balaban J connectivity index is 1.44. The zero-order valence-electron chi connectivity index (χ0n) is 21.7. The van der Waals surface area contributed by atoms with Gasteiger partial charge in [0, 0.05) is 59.5 Å². The van der Waals surface area contributed by atoms with E-state index in [-0.39, 0.29) is 22.7 Å². The zero-order chi connectivity index (χ0) is 24.7. The Morgan fingerprint density at radius 3 is 1.38 bits per heavy atom. The minimum Gasteiger partial charge on any atom is -0.392 e. The van der Waals surface area contributed by atoms with Gasteiger partial charge in [-0.15, -0.1) is 0 Å². The highest BCUT2D eigenvalue weighted by Gasteiger charge is 2.50. The van der Waals surface area contributed by atoms with Gasteiger partial charge in [-0.25, -0.2) is 0 Å². The fraction of sp³-hybridized carbons (Fsp3) is 0.467. The van der Waals surface area contributed by atoms with Crippen LogP contribution in [0.2, 0.25) is 0 Å². The van der Waals surface area contributed by atoms with Crippen molar-refractivity contribution in [1.82, 2.24) is 0 Å². The third-order valence-electron chi connectivity index (χ3n) is 8.65. The third-order valence-corrected chi connectivity index (χ3v) is 8.65. The fourth-order valence-electron chi connectivity index (χ4n) is 6.43. The molecule has 2 aromatic rings. The Hall–Kier alpha value is -2.56. The minimum atomic E-state index is -0.612. The van der Waals surface area contributed by atoms with Crippen LogP contribution in [0.3, 0.4) is 0 Å². The number of aliphatic hydroxyl groups excluding tert-OH is 2. The molecule has 1 aliphatic carbocycles. The number of likely N-dealkylation sites (N-methyl/N-ethyl adjacent to an activating group) is 2. The molecule has 0 unspecified atom stereocenters. The first-order chi connectivity index (χ1) is 15.9. The van der Waals surface area contributed by atoms with E-state index in [0.717, 1.165) is 11.4 Å². The Bertz CT molecular complexity index is 1120. The number of benzene rings is 2. The van der Waals surface area contributed by atoms with Gasteiger partial charge in [0.05, 0.1) is 12.2 Å². The summed E-state index contributed by atoms with van der Waals surface area (Å²) in [5.41, 5.74) is 9.42. The van der Waals surface area contributed by atoms with Crippen LogP contribution in [0.25, 0.3) is 0 Å². The molecule has 180 valence electrons. The van der Waals surface area contributed by atoms with Crippen LogP contribution in [-0.2, 0) is 10.8 Å². The van der Waals surface area contributed by atoms with E-state index in [9.17, 15) is 10.2 Å². The molecule has 2 aromatic carbocycles. The summed E-state index contributed by atoms with van der Waals surface area (Å²) in [6.45, 7) is 13.2. The highest BCUT2D eigenvalue weighted by molar-refractivity contribution is 5.71. The van der Waals surface area contributed by atoms with Gasteiger partial charge in [0.15, 0.2) is 0 Å². The zero-order valence-corrected chi connectivity index (χ0v) is 21.7. The monoisotopic (exact) mass is 458 g/mol. The fourth-order valence-corrected chi connectivity index (χ4v) is 6.43. The van der Waals surface area contributed by atoms with Gasteiger partial charge in [0.25, 0.3) is 0 Å². The third kappa shape index (κ3) is 3.11. The number of rotatable bonds is 2. The predicted molar refractivity (Wildman–Crippen MR) is 140 cm³/mol. The predicted octanol–water partition coefficient (Wildman–Crippen LogP) is 5.19. The molecule has 2 heterocycles. The van der Waals surface area contributed by atoms with Gasteiger partial charge in [-0.1, -0.05) is 75.2 Å². The van der Waals surface area contributed by atoms with E-state index in [1.807, 2.05) is 0 Å². The SMILES string of the molecule is Cc1ccc2c(c1)C(C)(C)C(=CC1C(O)C(C=C3N(C)c4ccc(C)cc4C3(C)C)C1O)N2C. The number of aliphatic hydroxyl groups is 2. The summed E-state index contributed by atoms with van der Waals surface area (Å²) in [6, 6.07) is 13.1. The molecule has 1 fully saturated rings. The molecule has 0 amide bonds. The molecular formula is C30H38N2O2. The summed E-state index contributed by atoms with van der Waals surface area (Å²) < 4.78 is 0. The van der Waals surface area contributed by atoms with Crippen molar-refractivity contribution >= 4 is 11.4 Å². The van der Waals surface area contributed by atoms with E-state index in [0.29, 0.717) is 0 Å². The molecular weight excluding hydrogens is 420 g/mol. The van der Waals surface area contributed by atoms with Crippen molar-refractivity contribution in [2.24, 2.45) is 11.8 Å². The molecule has 0 spiro atoms. The van der Waals surface area contributed by atoms with E-state index in [2.05, 4.69) is 114 Å². The van der Waals surface area contributed by atoms with Crippen LogP contribution in [0.15, 0.2) is 59.9 Å². The van der Waals surface area contributed by atoms with Crippen LogP contribution in [0.4, 0.5) is 11.4 Å². The van der Waals surface area contributed by atoms with Gasteiger partial charge in [-0.2, -0.15) is 0 Å². The van der Waals surface area contributed by atoms with Gasteiger partial charge in [0.1, 0.15) is 0 Å². The molecule has 2 aliphatic heterocycles. The Labute approximate surface area is 204 Å². The largest absolute Gasteiger partial charge is 0.392 e. The maximum Gasteiger partial charge on any atom is 0.0716 e. The highest BCUT2D eigenvalue weighted by Crippen LogP contribution is 2.51. The first-order valence-electron chi connectivity index (χ1n) is 12.4. The molecule has 0 radical (unpaired) electrons. The number of nitrogens with zero attached hydrogens (tertiary/aromatic N) is 2. The molecule has 5 rings (SSSR count). The van der Waals surface area contributed by atoms with Crippen LogP contribution >= 0.6 is 0 Å². The number of hydrogen-bond donors (Lipinski definition) is 2. The molecule has 0 saturated heterocycles. The highest BCUT2D eigenvalue weighted by atomic mass is 16.3. The quantitative estimate of drug-likeness (QED) is 0.650. The summed E-state index contributed by atoms with van der Waals surface area (Å²) in [7, 11) is 4.17. The number of anilines is 2. The Morgan fingerprint density at radius 1 is 0.676 bits per heavy atom. The summed E-state index contributed by atoms with van der Waals surface area (Å²) in [6.07, 6.45) is 3.00. The maximum atomic E-state index is 11.2. The second-order valence-corrected chi connectivity index (χ2v) is 11.6. The standard InChI is InChI=1S/C30H38N2O2/c1-17-9-11-23-21(13-17)29(3,4)25(31(23)7)15-19-27(33)20(28(19)34)16-26-30(5,6)22-14-18(2)10-12-24(22)32(26)8/h9-16,19-20,27-28,33-34H,1-8H3. The minimum absolute atomic E-state index is 0.174. The molecule has 0 bridgehead atoms. The van der Waals surface area contributed by atoms with E-state index in [1.165, 1.54) is 33.6 Å². The molecule has 4 nitrogen and oxygen atoms in total. The van der Waals surface area contributed by atoms with E-state index in [1.54, 1.807) is 0 Å². The lowest BCUT2D eigenvalue weighted by Gasteiger charge is -2.45. The smallest absolute Gasteiger partial charge is 0.0716 e. The van der Waals surface area contributed by atoms with Crippen molar-refractivity contribution in [3.05, 3.63) is 82.2 Å². The van der Waals surface area contributed by atoms with Crippen LogP contribution < -0.4 is 9.80 Å². The van der Waals surface area contributed by atoms with E-state index >= 15 is 0 Å². The summed E-state index contributed by atoms with van der Waals surface area (Å²) in [4.78, 5) is 4.43. The maximum absolute atomic E-state index is 11.2. The number of aryl methyl sites for hydroxylation is 2. The van der Waals surface area contributed by atoms with E-state index < -0.39 is 12.2 Å². The van der Waals surface area contributed by atoms with Gasteiger partial charge in [-0.05, 0) is 37.1 Å². The average molecular weight is 459 g/mol. The number of allylic oxidation sites excluding steroid dienone is 2. The van der Waals surface area contributed by atoms with Crippen LogP contribution in [0.1, 0.15) is 49.9 Å². The normalized spacial score (nSPS) is 31.1. The Kier molecular flexibility index (Phi) is 5.09. The van der Waals surface area contributed by atoms with Gasteiger partial charge < -0.3 is 20.0 Å². The number of fused-ring (bicyclic) bond motifs is 2. The molecule has 2 N–H and O–H groups in total. The van der Waals surface area contributed by atoms with Crippen molar-refractivity contribution in [3.8, 4) is 0 Å². The lowest BCUT2D eigenvalue weighted by molar-refractivity contribution is -0.111. The number of hydrogen-bond acceptors (Lipinski definition) is 4. The summed E-state index contributed by atoms with van der Waals surface area (Å²) in [5.74, 6) is -0.568. The second-order valence-electron chi connectivity index (χ2n) is 11.6. The molecule has 1 saturated carbocycles. The van der Waals surface area contributed by atoms with Crippen molar-refractivity contribution < 1.29 is 10.2 Å². The lowest BCUT2D eigenvalue weighted by atomic mass is 9.66. The first kappa shape index (κ1) is 23.2. The molecule has 0 aromatic heterocycles. The van der Waals surface area contributed by atoms with Crippen molar-refractivity contribution in [2.45, 2.75) is 64.6 Å². The van der Waals surface area contributed by atoms with Crippen LogP contribution in [0, 0.1) is 25.7 Å². The average Bonchev–Trinajstić information content (AvgIpc) is 3.07. The molecule has 4 heteroatoms. The van der Waals surface area contributed by atoms with Crippen molar-refractivity contribution in [3.63, 3.8) is 0 Å². The van der Waals surface area contributed by atoms with Crippen LogP contribution in [-0.4, -0.2) is 36.5 Å². The topological polar surface area (TPSA) is 46.9 Å². The molecule has 34 heavy (non-hydrogen) atoms. The lowest BCUT2D eigenvalue weighted by Crippen LogP contribution is -2.54. The van der Waals surface area contributed by atoms with Gasteiger partial charge in [0.2, 0.25) is 0 Å². The Morgan fingerprint density at radius 2 is 1.03 bits per heavy atom. The van der Waals surface area contributed by atoms with Gasteiger partial charge in [-0.3, -0.25) is 0 Å². The van der Waals surface area contributed by atoms with E-state index in [4.69, 9.17) is 0 Å². The van der Waals surface area contributed by atoms with Crippen molar-refractivity contribution in [2.75, 3.05) is 23.9 Å².